The van der Waals surface area contributed by atoms with Gasteiger partial charge in [-0.3, -0.25) is 0 Å². The summed E-state index contributed by atoms with van der Waals surface area (Å²) in [5, 5.41) is 3.46. The fourth-order valence-electron chi connectivity index (χ4n) is 2.53. The Morgan fingerprint density at radius 3 is 2.75 bits per heavy atom. The molecule has 20 heavy (non-hydrogen) atoms. The van der Waals surface area contributed by atoms with Crippen LogP contribution < -0.4 is 10.2 Å². The lowest BCUT2D eigenvalue weighted by Gasteiger charge is -2.38. The summed E-state index contributed by atoms with van der Waals surface area (Å²) in [7, 11) is 0. The lowest BCUT2D eigenvalue weighted by Crippen LogP contribution is -2.50. The van der Waals surface area contributed by atoms with E-state index in [-0.39, 0.29) is 17.4 Å². The minimum absolute atomic E-state index is 0.0257. The van der Waals surface area contributed by atoms with E-state index in [1.54, 1.807) is 0 Å². The molecule has 0 saturated carbocycles. The van der Waals surface area contributed by atoms with Gasteiger partial charge in [0.15, 0.2) is 11.6 Å². The van der Waals surface area contributed by atoms with Gasteiger partial charge in [-0.25, -0.2) is 13.8 Å². The van der Waals surface area contributed by atoms with E-state index >= 15 is 0 Å². The first-order valence-electron chi connectivity index (χ1n) is 7.19. The molecule has 1 atom stereocenters. The van der Waals surface area contributed by atoms with Crippen LogP contribution in [0.3, 0.4) is 0 Å². The van der Waals surface area contributed by atoms with Gasteiger partial charge in [-0.15, -0.1) is 0 Å². The van der Waals surface area contributed by atoms with Gasteiger partial charge in [0.2, 0.25) is 0 Å². The molecule has 1 aliphatic heterocycles. The molecule has 0 amide bonds. The Hall–Kier alpha value is -1.23. The number of hydrogen-bond acceptors (Lipinski definition) is 3. The number of pyridine rings is 1. The average Bonchev–Trinajstić information content (AvgIpc) is 2.36. The number of nitrogens with one attached hydrogen (secondary N) is 1. The number of aromatic nitrogens is 1. The molecule has 0 aromatic carbocycles. The molecule has 1 aromatic heterocycles. The van der Waals surface area contributed by atoms with Crippen molar-refractivity contribution in [2.75, 3.05) is 18.0 Å². The van der Waals surface area contributed by atoms with E-state index in [4.69, 9.17) is 0 Å². The first-order valence-corrected chi connectivity index (χ1v) is 7.19. The smallest absolute Gasteiger partial charge is 0.168 e. The summed E-state index contributed by atoms with van der Waals surface area (Å²) in [6.07, 6.45) is 4.24. The first-order chi connectivity index (χ1) is 9.37. The van der Waals surface area contributed by atoms with E-state index < -0.39 is 11.6 Å². The molecule has 1 aromatic rings. The normalized spacial score (nSPS) is 20.2. The van der Waals surface area contributed by atoms with Crippen molar-refractivity contribution in [3.63, 3.8) is 0 Å². The Kier molecular flexibility index (Phi) is 4.58. The monoisotopic (exact) mass is 283 g/mol. The summed E-state index contributed by atoms with van der Waals surface area (Å²) >= 11 is 0. The average molecular weight is 283 g/mol. The van der Waals surface area contributed by atoms with E-state index in [1.165, 1.54) is 0 Å². The highest BCUT2D eigenvalue weighted by molar-refractivity contribution is 5.41. The van der Waals surface area contributed by atoms with Crippen molar-refractivity contribution in [3.05, 3.63) is 23.9 Å². The maximum atomic E-state index is 13.9. The summed E-state index contributed by atoms with van der Waals surface area (Å²) in [4.78, 5) is 5.91. The maximum absolute atomic E-state index is 13.9. The molecule has 1 unspecified atom stereocenters. The Balaban J connectivity index is 2.14. The second-order valence-electron chi connectivity index (χ2n) is 6.43. The molecule has 0 spiro atoms. The largest absolute Gasteiger partial charge is 0.350 e. The zero-order chi connectivity index (χ0) is 14.8. The third kappa shape index (κ3) is 3.88. The predicted octanol–water partition coefficient (Wildman–Crippen LogP) is 3.11. The van der Waals surface area contributed by atoms with E-state index in [2.05, 4.69) is 31.1 Å². The van der Waals surface area contributed by atoms with Crippen LogP contribution in [0.4, 0.5) is 14.6 Å². The summed E-state index contributed by atoms with van der Waals surface area (Å²) in [6, 6.07) is 1.11. The molecule has 112 valence electrons. The molecule has 1 saturated heterocycles. The summed E-state index contributed by atoms with van der Waals surface area (Å²) in [5.41, 5.74) is 0.0257. The second-order valence-corrected chi connectivity index (χ2v) is 6.43. The molecule has 3 nitrogen and oxygen atoms in total. The van der Waals surface area contributed by atoms with Crippen LogP contribution in [-0.2, 0) is 0 Å². The van der Waals surface area contributed by atoms with E-state index in [0.717, 1.165) is 44.6 Å². The highest BCUT2D eigenvalue weighted by Crippen LogP contribution is 2.25. The van der Waals surface area contributed by atoms with Crippen LogP contribution in [0, 0.1) is 11.6 Å². The van der Waals surface area contributed by atoms with Crippen molar-refractivity contribution in [1.29, 1.82) is 0 Å². The van der Waals surface area contributed by atoms with Crippen LogP contribution in [-0.4, -0.2) is 29.7 Å². The molecule has 1 aliphatic rings. The van der Waals surface area contributed by atoms with Gasteiger partial charge in [0.1, 0.15) is 5.82 Å². The molecule has 0 aliphatic carbocycles. The van der Waals surface area contributed by atoms with Gasteiger partial charge in [0.05, 0.1) is 6.20 Å². The minimum Gasteiger partial charge on any atom is -0.350 e. The Morgan fingerprint density at radius 2 is 2.10 bits per heavy atom. The highest BCUT2D eigenvalue weighted by atomic mass is 19.1. The van der Waals surface area contributed by atoms with Crippen molar-refractivity contribution in [3.8, 4) is 0 Å². The number of rotatable bonds is 3. The first kappa shape index (κ1) is 15.2. The molecule has 1 fully saturated rings. The van der Waals surface area contributed by atoms with Gasteiger partial charge in [0, 0.05) is 30.7 Å². The van der Waals surface area contributed by atoms with Crippen LogP contribution in [0.1, 0.15) is 40.0 Å². The molecular formula is C15H23F2N3. The van der Waals surface area contributed by atoms with Crippen LogP contribution in [0.2, 0.25) is 0 Å². The molecule has 5 heteroatoms. The molecule has 2 heterocycles. The van der Waals surface area contributed by atoms with Gasteiger partial charge < -0.3 is 10.2 Å². The van der Waals surface area contributed by atoms with E-state index in [9.17, 15) is 8.78 Å². The zero-order valence-electron chi connectivity index (χ0n) is 12.4. The molecule has 0 radical (unpaired) electrons. The van der Waals surface area contributed by atoms with Crippen molar-refractivity contribution in [2.45, 2.75) is 51.6 Å². The number of piperidine rings is 1. The standard InChI is InChI=1S/C15H23F2N3/c1-15(2,3)19-10-12-6-4-5-7-20(12)14-13(17)8-11(16)9-18-14/h8-9,12,19H,4-7,10H2,1-3H3. The van der Waals surface area contributed by atoms with Crippen LogP contribution in [0.15, 0.2) is 12.3 Å². The number of anilines is 1. The van der Waals surface area contributed by atoms with Gasteiger partial charge in [-0.05, 0) is 40.0 Å². The minimum atomic E-state index is -0.632. The van der Waals surface area contributed by atoms with Crippen LogP contribution in [0.5, 0.6) is 0 Å². The molecule has 0 bridgehead atoms. The van der Waals surface area contributed by atoms with E-state index in [0.29, 0.717) is 0 Å². The predicted molar refractivity (Wildman–Crippen MR) is 76.9 cm³/mol. The maximum Gasteiger partial charge on any atom is 0.168 e. The molecule has 1 N–H and O–H groups in total. The third-order valence-corrected chi connectivity index (χ3v) is 3.56. The van der Waals surface area contributed by atoms with Gasteiger partial charge in [-0.2, -0.15) is 0 Å². The molecular weight excluding hydrogens is 260 g/mol. The summed E-state index contributed by atoms with van der Waals surface area (Å²) in [6.45, 7) is 7.87. The fraction of sp³-hybridized carbons (Fsp3) is 0.667. The zero-order valence-corrected chi connectivity index (χ0v) is 12.4. The fourth-order valence-corrected chi connectivity index (χ4v) is 2.53. The topological polar surface area (TPSA) is 28.2 Å². The quantitative estimate of drug-likeness (QED) is 0.924. The third-order valence-electron chi connectivity index (χ3n) is 3.56. The van der Waals surface area contributed by atoms with Gasteiger partial charge in [0.25, 0.3) is 0 Å². The lowest BCUT2D eigenvalue weighted by molar-refractivity contribution is 0.363. The van der Waals surface area contributed by atoms with Crippen molar-refractivity contribution in [1.82, 2.24) is 10.3 Å². The highest BCUT2D eigenvalue weighted by Gasteiger charge is 2.27. The van der Waals surface area contributed by atoms with Crippen molar-refractivity contribution < 1.29 is 8.78 Å². The number of hydrogen-bond donors (Lipinski definition) is 1. The van der Waals surface area contributed by atoms with E-state index in [1.807, 2.05) is 4.90 Å². The Morgan fingerprint density at radius 1 is 1.35 bits per heavy atom. The lowest BCUT2D eigenvalue weighted by atomic mass is 10.0. The van der Waals surface area contributed by atoms with Gasteiger partial charge >= 0.3 is 0 Å². The van der Waals surface area contributed by atoms with Crippen molar-refractivity contribution >= 4 is 5.82 Å². The van der Waals surface area contributed by atoms with Crippen LogP contribution in [0.25, 0.3) is 0 Å². The number of halogens is 2. The second kappa shape index (κ2) is 6.04. The van der Waals surface area contributed by atoms with Crippen LogP contribution >= 0.6 is 0 Å². The molecule has 2 rings (SSSR count). The summed E-state index contributed by atoms with van der Waals surface area (Å²) < 4.78 is 26.9. The Labute approximate surface area is 119 Å². The van der Waals surface area contributed by atoms with Crippen molar-refractivity contribution in [2.24, 2.45) is 0 Å². The summed E-state index contributed by atoms with van der Waals surface area (Å²) in [5.74, 6) is -0.938. The number of nitrogens with zero attached hydrogens (tertiary/aromatic N) is 2. The van der Waals surface area contributed by atoms with Gasteiger partial charge in [-0.1, -0.05) is 0 Å². The Bertz CT molecular complexity index is 457. The SMILES string of the molecule is CC(C)(C)NCC1CCCCN1c1ncc(F)cc1F.